The highest BCUT2D eigenvalue weighted by atomic mass is 79.9. The lowest BCUT2D eigenvalue weighted by Gasteiger charge is -2.09. The molecule has 0 saturated heterocycles. The molecule has 0 spiro atoms. The van der Waals surface area contributed by atoms with Gasteiger partial charge in [0, 0.05) is 16.8 Å². The van der Waals surface area contributed by atoms with Gasteiger partial charge in [-0.3, -0.25) is 0 Å². The number of benzene rings is 1. The smallest absolute Gasteiger partial charge is 0.126 e. The first-order valence-corrected chi connectivity index (χ1v) is 7.19. The summed E-state index contributed by atoms with van der Waals surface area (Å²) in [6, 6.07) is 4.31. The van der Waals surface area contributed by atoms with Crippen molar-refractivity contribution >= 4 is 27.5 Å². The van der Waals surface area contributed by atoms with Crippen molar-refractivity contribution in [1.82, 2.24) is 0 Å². The summed E-state index contributed by atoms with van der Waals surface area (Å²) in [5, 5.41) is 0. The van der Waals surface area contributed by atoms with Gasteiger partial charge in [-0.15, -0.1) is 11.6 Å². The Balaban J connectivity index is 2.21. The van der Waals surface area contributed by atoms with Crippen LogP contribution in [0, 0.1) is 0 Å². The van der Waals surface area contributed by atoms with E-state index in [2.05, 4.69) is 41.1 Å². The van der Waals surface area contributed by atoms with Gasteiger partial charge in [0.1, 0.15) is 5.75 Å². The fraction of sp³-hybridized carbons (Fsp3) is 0.429. The zero-order valence-electron chi connectivity index (χ0n) is 9.93. The fourth-order valence-corrected chi connectivity index (χ4v) is 2.81. The van der Waals surface area contributed by atoms with E-state index in [0.29, 0.717) is 5.88 Å². The monoisotopic (exact) mass is 314 g/mol. The molecule has 1 aromatic rings. The van der Waals surface area contributed by atoms with Crippen LogP contribution in [-0.2, 0) is 12.8 Å². The zero-order chi connectivity index (χ0) is 12.3. The molecule has 2 rings (SSSR count). The van der Waals surface area contributed by atoms with E-state index >= 15 is 0 Å². The molecule has 0 radical (unpaired) electrons. The van der Waals surface area contributed by atoms with E-state index < -0.39 is 0 Å². The van der Waals surface area contributed by atoms with E-state index in [1.807, 2.05) is 0 Å². The summed E-state index contributed by atoms with van der Waals surface area (Å²) >= 11 is 9.25. The van der Waals surface area contributed by atoms with Crippen LogP contribution in [0.2, 0.25) is 0 Å². The summed E-state index contributed by atoms with van der Waals surface area (Å²) in [6.07, 6.45) is 5.10. The molecule has 0 unspecified atom stereocenters. The molecular formula is C14H16BrClO. The number of fused-ring (bicyclic) bond motifs is 1. The number of hydrogen-bond donors (Lipinski definition) is 0. The van der Waals surface area contributed by atoms with Gasteiger partial charge in [0.15, 0.2) is 0 Å². The number of rotatable bonds is 4. The molecule has 0 saturated carbocycles. The quantitative estimate of drug-likeness (QED) is 0.587. The molecule has 0 aromatic heterocycles. The highest BCUT2D eigenvalue weighted by Crippen LogP contribution is 2.34. The number of halogens is 2. The standard InChI is InChI=1S/C14H16BrClO/c1-10(3-2-5-16)7-12-9-13(15)8-11-4-6-17-14(11)12/h3,8-9H,2,4-7H2,1H3/b10-3-. The maximum Gasteiger partial charge on any atom is 0.126 e. The minimum atomic E-state index is 0.685. The number of hydrogen-bond acceptors (Lipinski definition) is 1. The van der Waals surface area contributed by atoms with Crippen molar-refractivity contribution in [3.63, 3.8) is 0 Å². The Morgan fingerprint density at radius 2 is 2.35 bits per heavy atom. The van der Waals surface area contributed by atoms with E-state index in [-0.39, 0.29) is 0 Å². The van der Waals surface area contributed by atoms with E-state index in [4.69, 9.17) is 16.3 Å². The molecule has 3 heteroatoms. The third kappa shape index (κ3) is 3.26. The van der Waals surface area contributed by atoms with Gasteiger partial charge >= 0.3 is 0 Å². The lowest BCUT2D eigenvalue weighted by Crippen LogP contribution is -1.94. The first kappa shape index (κ1) is 13.0. The van der Waals surface area contributed by atoms with Crippen LogP contribution in [0.4, 0.5) is 0 Å². The summed E-state index contributed by atoms with van der Waals surface area (Å²) in [5.41, 5.74) is 3.94. The van der Waals surface area contributed by atoms with E-state index in [1.54, 1.807) is 0 Å². The Morgan fingerprint density at radius 3 is 3.12 bits per heavy atom. The zero-order valence-corrected chi connectivity index (χ0v) is 12.3. The van der Waals surface area contributed by atoms with Crippen LogP contribution in [0.5, 0.6) is 5.75 Å². The Morgan fingerprint density at radius 1 is 1.53 bits per heavy atom. The van der Waals surface area contributed by atoms with Gasteiger partial charge in [-0.2, -0.15) is 0 Å². The highest BCUT2D eigenvalue weighted by molar-refractivity contribution is 9.10. The van der Waals surface area contributed by atoms with Crippen molar-refractivity contribution in [2.24, 2.45) is 0 Å². The van der Waals surface area contributed by atoms with Gasteiger partial charge in [0.2, 0.25) is 0 Å². The molecule has 0 N–H and O–H groups in total. The third-order valence-corrected chi connectivity index (χ3v) is 3.57. The maximum absolute atomic E-state index is 5.72. The Labute approximate surface area is 116 Å². The van der Waals surface area contributed by atoms with Crippen molar-refractivity contribution in [3.8, 4) is 5.75 Å². The normalized spacial score (nSPS) is 14.6. The SMILES string of the molecule is C/C(=C/CCCl)Cc1cc(Br)cc2c1OCC2. The van der Waals surface area contributed by atoms with E-state index in [0.717, 1.165) is 36.1 Å². The van der Waals surface area contributed by atoms with Crippen molar-refractivity contribution in [3.05, 3.63) is 39.4 Å². The van der Waals surface area contributed by atoms with Crippen LogP contribution >= 0.6 is 27.5 Å². The molecule has 0 fully saturated rings. The largest absolute Gasteiger partial charge is 0.493 e. The molecule has 1 aliphatic heterocycles. The molecule has 1 nitrogen and oxygen atoms in total. The summed E-state index contributed by atoms with van der Waals surface area (Å²) in [4.78, 5) is 0. The fourth-order valence-electron chi connectivity index (χ4n) is 2.15. The minimum Gasteiger partial charge on any atom is -0.493 e. The second-order valence-electron chi connectivity index (χ2n) is 4.36. The first-order valence-electron chi connectivity index (χ1n) is 5.86. The van der Waals surface area contributed by atoms with Gasteiger partial charge in [0.05, 0.1) is 6.61 Å². The van der Waals surface area contributed by atoms with Crippen LogP contribution in [0.15, 0.2) is 28.3 Å². The lowest BCUT2D eigenvalue weighted by molar-refractivity contribution is 0.354. The summed E-state index contributed by atoms with van der Waals surface area (Å²) in [7, 11) is 0. The molecule has 1 heterocycles. The topological polar surface area (TPSA) is 9.23 Å². The molecule has 0 aliphatic carbocycles. The number of alkyl halides is 1. The summed E-state index contributed by atoms with van der Waals surface area (Å²) in [5.74, 6) is 1.77. The molecule has 17 heavy (non-hydrogen) atoms. The molecule has 92 valence electrons. The summed E-state index contributed by atoms with van der Waals surface area (Å²) in [6.45, 7) is 2.96. The molecular weight excluding hydrogens is 300 g/mol. The van der Waals surface area contributed by atoms with Crippen LogP contribution in [0.1, 0.15) is 24.5 Å². The van der Waals surface area contributed by atoms with Crippen LogP contribution in [-0.4, -0.2) is 12.5 Å². The minimum absolute atomic E-state index is 0.685. The van der Waals surface area contributed by atoms with Crippen LogP contribution < -0.4 is 4.74 Å². The average Bonchev–Trinajstić information content (AvgIpc) is 2.74. The average molecular weight is 316 g/mol. The Hall–Kier alpha value is -0.470. The van der Waals surface area contributed by atoms with Gasteiger partial charge in [-0.25, -0.2) is 0 Å². The molecule has 0 amide bonds. The predicted octanol–water partition coefficient (Wildman–Crippen LogP) is 4.50. The highest BCUT2D eigenvalue weighted by Gasteiger charge is 2.17. The summed E-state index contributed by atoms with van der Waals surface area (Å²) < 4.78 is 6.86. The molecule has 1 aliphatic rings. The molecule has 0 bridgehead atoms. The molecule has 0 atom stereocenters. The number of allylic oxidation sites excluding steroid dienone is 2. The maximum atomic E-state index is 5.72. The van der Waals surface area contributed by atoms with Crippen molar-refractivity contribution in [2.45, 2.75) is 26.2 Å². The van der Waals surface area contributed by atoms with Crippen molar-refractivity contribution in [2.75, 3.05) is 12.5 Å². The first-order chi connectivity index (χ1) is 8.20. The number of ether oxygens (including phenoxy) is 1. The second-order valence-corrected chi connectivity index (χ2v) is 5.65. The third-order valence-electron chi connectivity index (χ3n) is 2.90. The Bertz CT molecular complexity index is 440. The van der Waals surface area contributed by atoms with Crippen LogP contribution in [0.3, 0.4) is 0 Å². The van der Waals surface area contributed by atoms with Gasteiger partial charge in [-0.1, -0.05) is 27.6 Å². The van der Waals surface area contributed by atoms with Crippen molar-refractivity contribution in [1.29, 1.82) is 0 Å². The van der Waals surface area contributed by atoms with Crippen molar-refractivity contribution < 1.29 is 4.74 Å². The van der Waals surface area contributed by atoms with E-state index in [9.17, 15) is 0 Å². The van der Waals surface area contributed by atoms with Gasteiger partial charge < -0.3 is 4.74 Å². The van der Waals surface area contributed by atoms with Gasteiger partial charge in [-0.05, 0) is 43.0 Å². The Kier molecular flexibility index (Phi) is 4.52. The lowest BCUT2D eigenvalue weighted by atomic mass is 10.0. The predicted molar refractivity (Wildman–Crippen MR) is 76.1 cm³/mol. The van der Waals surface area contributed by atoms with Crippen LogP contribution in [0.25, 0.3) is 0 Å². The van der Waals surface area contributed by atoms with E-state index in [1.165, 1.54) is 16.7 Å². The molecule has 1 aromatic carbocycles. The van der Waals surface area contributed by atoms with Gasteiger partial charge in [0.25, 0.3) is 0 Å². The second kappa shape index (κ2) is 5.92.